The number of nitrogens with zero attached hydrogens (tertiary/aromatic N) is 2. The normalized spacial score (nSPS) is 27.4. The molecule has 2 atom stereocenters. The maximum atomic E-state index is 13.3. The molecule has 0 aromatic heterocycles. The lowest BCUT2D eigenvalue weighted by atomic mass is 9.86. The van der Waals surface area contributed by atoms with Gasteiger partial charge in [-0.2, -0.15) is 13.2 Å². The van der Waals surface area contributed by atoms with E-state index in [1.54, 1.807) is 0 Å². The molecule has 1 aliphatic carbocycles. The zero-order chi connectivity index (χ0) is 26.1. The van der Waals surface area contributed by atoms with Gasteiger partial charge in [-0.05, 0) is 56.2 Å². The van der Waals surface area contributed by atoms with E-state index >= 15 is 0 Å². The number of rotatable bonds is 7. The van der Waals surface area contributed by atoms with Crippen molar-refractivity contribution in [3.05, 3.63) is 35.4 Å². The Morgan fingerprint density at radius 3 is 2.36 bits per heavy atom. The third-order valence-corrected chi connectivity index (χ3v) is 9.70. The molecule has 0 radical (unpaired) electrons. The van der Waals surface area contributed by atoms with Gasteiger partial charge in [0, 0.05) is 32.1 Å². The molecule has 1 aromatic carbocycles. The highest BCUT2D eigenvalue weighted by molar-refractivity contribution is 7.89. The van der Waals surface area contributed by atoms with Crippen molar-refractivity contribution in [2.75, 3.05) is 19.6 Å². The minimum absolute atomic E-state index is 0.0358. The number of amides is 2. The van der Waals surface area contributed by atoms with Crippen LogP contribution in [0.15, 0.2) is 24.3 Å². The number of alkyl halides is 3. The molecule has 12 heteroatoms. The molecule has 1 N–H and O–H groups in total. The number of carbonyl (C=O) groups is 3. The number of hydrogen-bond acceptors (Lipinski definition) is 5. The van der Waals surface area contributed by atoms with Crippen LogP contribution in [0.5, 0.6) is 0 Å². The SMILES string of the molecule is O=CC1CC(S(=O)(=O)N2CCC[C@H](C(=O)N3CCC[C@@H]3C(=O)NCc3ccc(C(F)(F)F)cc3)C2)C1. The summed E-state index contributed by atoms with van der Waals surface area (Å²) < 4.78 is 65.5. The van der Waals surface area contributed by atoms with Crippen LogP contribution in [-0.4, -0.2) is 66.6 Å². The first-order valence-electron chi connectivity index (χ1n) is 12.2. The molecule has 2 aliphatic heterocycles. The largest absolute Gasteiger partial charge is 0.416 e. The van der Waals surface area contributed by atoms with Gasteiger partial charge in [0.15, 0.2) is 0 Å². The number of carbonyl (C=O) groups excluding carboxylic acids is 3. The van der Waals surface area contributed by atoms with Gasteiger partial charge >= 0.3 is 6.18 Å². The van der Waals surface area contributed by atoms with Crippen molar-refractivity contribution in [2.45, 2.75) is 62.5 Å². The summed E-state index contributed by atoms with van der Waals surface area (Å²) in [6.45, 7) is 0.837. The fourth-order valence-corrected chi connectivity index (χ4v) is 7.38. The van der Waals surface area contributed by atoms with E-state index < -0.39 is 39.0 Å². The lowest BCUT2D eigenvalue weighted by molar-refractivity contribution is -0.142. The van der Waals surface area contributed by atoms with E-state index in [1.165, 1.54) is 21.3 Å². The Hall–Kier alpha value is -2.47. The van der Waals surface area contributed by atoms with Gasteiger partial charge in [0.05, 0.1) is 16.7 Å². The van der Waals surface area contributed by atoms with E-state index in [4.69, 9.17) is 0 Å². The molecule has 0 unspecified atom stereocenters. The Kier molecular flexibility index (Phi) is 7.75. The first kappa shape index (κ1) is 26.6. The summed E-state index contributed by atoms with van der Waals surface area (Å²) in [4.78, 5) is 38.5. The summed E-state index contributed by atoms with van der Waals surface area (Å²) >= 11 is 0. The molecular weight excluding hydrogens is 499 g/mol. The summed E-state index contributed by atoms with van der Waals surface area (Å²) in [5.74, 6) is -1.39. The minimum atomic E-state index is -4.43. The van der Waals surface area contributed by atoms with Crippen LogP contribution in [0.1, 0.15) is 49.7 Å². The molecule has 2 amide bonds. The number of nitrogens with one attached hydrogen (secondary N) is 1. The first-order chi connectivity index (χ1) is 17.0. The van der Waals surface area contributed by atoms with Gasteiger partial charge in [0.25, 0.3) is 0 Å². The predicted octanol–water partition coefficient (Wildman–Crippen LogP) is 2.33. The number of benzene rings is 1. The van der Waals surface area contributed by atoms with Crippen molar-refractivity contribution in [2.24, 2.45) is 11.8 Å². The Morgan fingerprint density at radius 2 is 1.72 bits per heavy atom. The van der Waals surface area contributed by atoms with Crippen LogP contribution in [0.3, 0.4) is 0 Å². The Labute approximate surface area is 208 Å². The summed E-state index contributed by atoms with van der Waals surface area (Å²) in [7, 11) is -3.59. The van der Waals surface area contributed by atoms with Gasteiger partial charge < -0.3 is 15.0 Å². The maximum Gasteiger partial charge on any atom is 0.416 e. The molecular formula is C24H30F3N3O5S. The summed E-state index contributed by atoms with van der Waals surface area (Å²) in [6.07, 6.45) is -0.854. The number of sulfonamides is 1. The van der Waals surface area contributed by atoms with Gasteiger partial charge in [-0.1, -0.05) is 12.1 Å². The highest BCUT2D eigenvalue weighted by Crippen LogP contribution is 2.35. The van der Waals surface area contributed by atoms with Crippen molar-refractivity contribution in [3.8, 4) is 0 Å². The molecule has 36 heavy (non-hydrogen) atoms. The lowest BCUT2D eigenvalue weighted by Gasteiger charge is -2.39. The average molecular weight is 530 g/mol. The van der Waals surface area contributed by atoms with E-state index in [-0.39, 0.29) is 30.8 Å². The Balaban J connectivity index is 1.34. The molecule has 4 rings (SSSR count). The molecule has 8 nitrogen and oxygen atoms in total. The van der Waals surface area contributed by atoms with E-state index in [2.05, 4.69) is 5.32 Å². The Morgan fingerprint density at radius 1 is 1.06 bits per heavy atom. The van der Waals surface area contributed by atoms with Crippen molar-refractivity contribution in [1.82, 2.24) is 14.5 Å². The number of hydrogen-bond donors (Lipinski definition) is 1. The number of piperidine rings is 1. The van der Waals surface area contributed by atoms with Crippen LogP contribution in [0, 0.1) is 11.8 Å². The van der Waals surface area contributed by atoms with Crippen LogP contribution in [-0.2, 0) is 37.1 Å². The smallest absolute Gasteiger partial charge is 0.350 e. The highest BCUT2D eigenvalue weighted by Gasteiger charge is 2.45. The second kappa shape index (κ2) is 10.5. The minimum Gasteiger partial charge on any atom is -0.350 e. The molecule has 0 bridgehead atoms. The van der Waals surface area contributed by atoms with Crippen LogP contribution in [0.25, 0.3) is 0 Å². The topological polar surface area (TPSA) is 104 Å². The molecule has 0 spiro atoms. The van der Waals surface area contributed by atoms with E-state index in [9.17, 15) is 36.0 Å². The van der Waals surface area contributed by atoms with Crippen LogP contribution >= 0.6 is 0 Å². The highest BCUT2D eigenvalue weighted by atomic mass is 32.2. The van der Waals surface area contributed by atoms with Crippen molar-refractivity contribution >= 4 is 28.1 Å². The Bertz CT molecular complexity index is 1090. The fourth-order valence-electron chi connectivity index (χ4n) is 5.20. The van der Waals surface area contributed by atoms with E-state index in [1.807, 2.05) is 0 Å². The van der Waals surface area contributed by atoms with Crippen molar-refractivity contribution < 1.29 is 36.0 Å². The van der Waals surface area contributed by atoms with Crippen molar-refractivity contribution in [1.29, 1.82) is 0 Å². The van der Waals surface area contributed by atoms with E-state index in [0.29, 0.717) is 57.2 Å². The molecule has 198 valence electrons. The lowest BCUT2D eigenvalue weighted by Crippen LogP contribution is -2.53. The summed E-state index contributed by atoms with van der Waals surface area (Å²) in [6, 6.07) is 3.82. The summed E-state index contributed by atoms with van der Waals surface area (Å²) in [5, 5.41) is 2.12. The molecule has 3 aliphatic rings. The third-order valence-electron chi connectivity index (χ3n) is 7.42. The summed E-state index contributed by atoms with van der Waals surface area (Å²) in [5.41, 5.74) is -0.261. The second-order valence-electron chi connectivity index (χ2n) is 9.83. The van der Waals surface area contributed by atoms with Crippen LogP contribution in [0.2, 0.25) is 0 Å². The third kappa shape index (κ3) is 5.59. The van der Waals surface area contributed by atoms with Crippen molar-refractivity contribution in [3.63, 3.8) is 0 Å². The second-order valence-corrected chi connectivity index (χ2v) is 12.0. The predicted molar refractivity (Wildman–Crippen MR) is 124 cm³/mol. The fraction of sp³-hybridized carbons (Fsp3) is 0.625. The van der Waals surface area contributed by atoms with Gasteiger partial charge in [0.1, 0.15) is 12.3 Å². The van der Waals surface area contributed by atoms with Gasteiger partial charge in [-0.15, -0.1) is 0 Å². The van der Waals surface area contributed by atoms with Gasteiger partial charge in [-0.25, -0.2) is 12.7 Å². The number of aldehydes is 1. The molecule has 3 fully saturated rings. The first-order valence-corrected chi connectivity index (χ1v) is 13.7. The maximum absolute atomic E-state index is 13.3. The molecule has 2 heterocycles. The van der Waals surface area contributed by atoms with Crippen LogP contribution < -0.4 is 5.32 Å². The monoisotopic (exact) mass is 529 g/mol. The standard InChI is InChI=1S/C24H30F3N3O5S/c25-24(26,27)19-7-5-16(6-8-19)13-28-22(32)21-4-2-10-30(21)23(33)18-3-1-9-29(14-18)36(34,35)20-11-17(12-20)15-31/h5-8,15,17-18,20-21H,1-4,9-14H2,(H,28,32)/t17?,18-,20?,21+/m0/s1. The van der Waals surface area contributed by atoms with Crippen LogP contribution in [0.4, 0.5) is 13.2 Å². The number of likely N-dealkylation sites (tertiary alicyclic amines) is 1. The van der Waals surface area contributed by atoms with E-state index in [0.717, 1.165) is 18.4 Å². The zero-order valence-electron chi connectivity index (χ0n) is 19.7. The van der Waals surface area contributed by atoms with Gasteiger partial charge in [-0.3, -0.25) is 9.59 Å². The molecule has 1 aromatic rings. The quantitative estimate of drug-likeness (QED) is 0.546. The van der Waals surface area contributed by atoms with Gasteiger partial charge in [0.2, 0.25) is 21.8 Å². The molecule has 2 saturated heterocycles. The average Bonchev–Trinajstić information content (AvgIpc) is 3.31. The zero-order valence-corrected chi connectivity index (χ0v) is 20.6. The molecule has 1 saturated carbocycles. The number of halogens is 3.